The lowest BCUT2D eigenvalue weighted by atomic mass is 10.0. The second-order valence-electron chi connectivity index (χ2n) is 6.47. The first-order valence-electron chi connectivity index (χ1n) is 8.99. The average Bonchev–Trinajstić information content (AvgIpc) is 3.35. The summed E-state index contributed by atoms with van der Waals surface area (Å²) >= 11 is 0. The highest BCUT2D eigenvalue weighted by Gasteiger charge is 2.30. The van der Waals surface area contributed by atoms with Gasteiger partial charge in [-0.1, -0.05) is 31.2 Å². The molecule has 28 heavy (non-hydrogen) atoms. The molecule has 0 saturated carbocycles. The number of ketones is 1. The van der Waals surface area contributed by atoms with E-state index in [4.69, 9.17) is 13.9 Å². The lowest BCUT2D eigenvalue weighted by Gasteiger charge is -2.09. The van der Waals surface area contributed by atoms with Gasteiger partial charge in [0.1, 0.15) is 11.5 Å². The summed E-state index contributed by atoms with van der Waals surface area (Å²) in [5.41, 5.74) is 3.14. The van der Waals surface area contributed by atoms with Crippen LogP contribution in [-0.2, 0) is 6.42 Å². The zero-order chi connectivity index (χ0) is 19.7. The van der Waals surface area contributed by atoms with Gasteiger partial charge in [-0.25, -0.2) is 4.79 Å². The monoisotopic (exact) mass is 374 g/mol. The molecule has 0 N–H and O–H groups in total. The van der Waals surface area contributed by atoms with Crippen molar-refractivity contribution in [3.63, 3.8) is 0 Å². The number of rotatable bonds is 4. The maximum Gasteiger partial charge on any atom is 0.379 e. The van der Waals surface area contributed by atoms with Crippen LogP contribution in [0, 0.1) is 6.92 Å². The summed E-state index contributed by atoms with van der Waals surface area (Å²) in [5.74, 6) is 0.281. The van der Waals surface area contributed by atoms with Gasteiger partial charge >= 0.3 is 5.97 Å². The molecule has 0 aliphatic carbocycles. The summed E-state index contributed by atoms with van der Waals surface area (Å²) in [6, 6.07) is 14.3. The Hall–Kier alpha value is -3.60. The third-order valence-corrected chi connectivity index (χ3v) is 4.65. The second kappa shape index (κ2) is 7.19. The molecular weight excluding hydrogens is 356 g/mol. The fourth-order valence-corrected chi connectivity index (χ4v) is 3.02. The number of hydrogen-bond donors (Lipinski definition) is 0. The van der Waals surface area contributed by atoms with Crippen molar-refractivity contribution in [2.45, 2.75) is 20.3 Å². The Morgan fingerprint density at radius 2 is 1.89 bits per heavy atom. The van der Waals surface area contributed by atoms with Crippen LogP contribution < -0.4 is 9.47 Å². The molecule has 4 rings (SSSR count). The van der Waals surface area contributed by atoms with Gasteiger partial charge < -0.3 is 13.9 Å². The van der Waals surface area contributed by atoms with Crippen molar-refractivity contribution >= 4 is 17.8 Å². The normalized spacial score (nSPS) is 14.1. The Morgan fingerprint density at radius 3 is 2.57 bits per heavy atom. The Balaban J connectivity index is 1.60. The molecule has 1 aromatic heterocycles. The summed E-state index contributed by atoms with van der Waals surface area (Å²) in [6.45, 7) is 3.84. The predicted octanol–water partition coefficient (Wildman–Crippen LogP) is 4.99. The molecule has 3 aromatic rings. The number of carbonyl (C=O) groups excluding carboxylic acids is 2. The molecule has 0 radical (unpaired) electrons. The van der Waals surface area contributed by atoms with Gasteiger partial charge in [-0.2, -0.15) is 0 Å². The third kappa shape index (κ3) is 3.22. The van der Waals surface area contributed by atoms with Crippen LogP contribution >= 0.6 is 0 Å². The molecule has 0 unspecified atom stereocenters. The quantitative estimate of drug-likeness (QED) is 0.366. The molecule has 1 aliphatic rings. The van der Waals surface area contributed by atoms with Crippen LogP contribution in [0.2, 0.25) is 0 Å². The number of ether oxygens (including phenoxy) is 2. The summed E-state index contributed by atoms with van der Waals surface area (Å²) in [4.78, 5) is 24.8. The molecule has 2 heterocycles. The molecule has 0 atom stereocenters. The number of esters is 1. The molecule has 0 fully saturated rings. The number of allylic oxidation sites excluding steroid dienone is 1. The van der Waals surface area contributed by atoms with Crippen LogP contribution in [0.15, 0.2) is 65.0 Å². The van der Waals surface area contributed by atoms with Crippen LogP contribution in [0.25, 0.3) is 6.08 Å². The van der Waals surface area contributed by atoms with Crippen molar-refractivity contribution in [3.8, 4) is 11.5 Å². The van der Waals surface area contributed by atoms with Gasteiger partial charge in [-0.3, -0.25) is 4.79 Å². The first kappa shape index (κ1) is 17.8. The fraction of sp³-hybridized carbons (Fsp3) is 0.130. The van der Waals surface area contributed by atoms with Crippen LogP contribution in [0.4, 0.5) is 0 Å². The number of hydrogen-bond acceptors (Lipinski definition) is 5. The van der Waals surface area contributed by atoms with E-state index >= 15 is 0 Å². The van der Waals surface area contributed by atoms with E-state index in [0.29, 0.717) is 22.6 Å². The molecule has 2 aromatic carbocycles. The summed E-state index contributed by atoms with van der Waals surface area (Å²) in [6.07, 6.45) is 4.07. The smallest absolute Gasteiger partial charge is 0.379 e. The number of fused-ring (bicyclic) bond motifs is 1. The van der Waals surface area contributed by atoms with Gasteiger partial charge in [0.05, 0.1) is 11.8 Å². The Morgan fingerprint density at radius 1 is 1.11 bits per heavy atom. The highest BCUT2D eigenvalue weighted by Crippen LogP contribution is 2.39. The van der Waals surface area contributed by atoms with E-state index in [-0.39, 0.29) is 17.3 Å². The van der Waals surface area contributed by atoms with Gasteiger partial charge in [0, 0.05) is 5.56 Å². The number of benzene rings is 2. The van der Waals surface area contributed by atoms with Crippen molar-refractivity contribution in [3.05, 3.63) is 88.6 Å². The Labute approximate surface area is 162 Å². The van der Waals surface area contributed by atoms with E-state index < -0.39 is 5.97 Å². The lowest BCUT2D eigenvalue weighted by molar-refractivity contribution is 0.0700. The van der Waals surface area contributed by atoms with Crippen LogP contribution in [0.3, 0.4) is 0 Å². The maximum atomic E-state index is 12.7. The van der Waals surface area contributed by atoms with Crippen molar-refractivity contribution in [2.24, 2.45) is 0 Å². The number of carbonyl (C=O) groups is 2. The molecule has 1 aliphatic heterocycles. The first-order chi connectivity index (χ1) is 13.6. The van der Waals surface area contributed by atoms with E-state index in [1.165, 1.54) is 17.9 Å². The van der Waals surface area contributed by atoms with E-state index in [2.05, 4.69) is 6.92 Å². The van der Waals surface area contributed by atoms with E-state index in [1.54, 1.807) is 31.2 Å². The lowest BCUT2D eigenvalue weighted by Crippen LogP contribution is -2.08. The molecule has 0 spiro atoms. The van der Waals surface area contributed by atoms with Gasteiger partial charge in [0.15, 0.2) is 5.76 Å². The molecule has 0 bridgehead atoms. The topological polar surface area (TPSA) is 65.7 Å². The molecule has 5 heteroatoms. The fourth-order valence-electron chi connectivity index (χ4n) is 3.02. The molecule has 0 amide bonds. The first-order valence-corrected chi connectivity index (χ1v) is 8.99. The highest BCUT2D eigenvalue weighted by molar-refractivity contribution is 6.15. The van der Waals surface area contributed by atoms with Crippen LogP contribution in [0.1, 0.15) is 44.5 Å². The maximum absolute atomic E-state index is 12.7. The van der Waals surface area contributed by atoms with Crippen molar-refractivity contribution < 1.29 is 23.5 Å². The summed E-state index contributed by atoms with van der Waals surface area (Å²) in [7, 11) is 0. The average molecular weight is 374 g/mol. The minimum Gasteiger partial charge on any atom is -0.457 e. The number of aryl methyl sites for hydroxylation is 1. The van der Waals surface area contributed by atoms with Gasteiger partial charge in [-0.05, 0) is 54.8 Å². The predicted molar refractivity (Wildman–Crippen MR) is 104 cm³/mol. The summed E-state index contributed by atoms with van der Waals surface area (Å²) < 4.78 is 16.3. The van der Waals surface area contributed by atoms with Crippen molar-refractivity contribution in [2.75, 3.05) is 0 Å². The minimum absolute atomic E-state index is 0.105. The van der Waals surface area contributed by atoms with Gasteiger partial charge in [0.25, 0.3) is 0 Å². The van der Waals surface area contributed by atoms with Crippen LogP contribution in [0.5, 0.6) is 11.5 Å². The van der Waals surface area contributed by atoms with Gasteiger partial charge in [0.2, 0.25) is 11.5 Å². The van der Waals surface area contributed by atoms with Crippen molar-refractivity contribution in [1.82, 2.24) is 0 Å². The van der Waals surface area contributed by atoms with Crippen LogP contribution in [-0.4, -0.2) is 11.8 Å². The highest BCUT2D eigenvalue weighted by atomic mass is 16.5. The van der Waals surface area contributed by atoms with E-state index in [1.807, 2.05) is 24.3 Å². The largest absolute Gasteiger partial charge is 0.457 e. The zero-order valence-electron chi connectivity index (χ0n) is 15.5. The number of Topliss-reactive ketones (excluding diaryl/α,β-unsaturated/α-hetero) is 1. The van der Waals surface area contributed by atoms with Crippen molar-refractivity contribution in [1.29, 1.82) is 0 Å². The SMILES string of the molecule is CCc1ccc(/C=C2\Oc3c(ccc(OC(=O)c4ccco4)c3C)C2=O)cc1. The molecular formula is C23H18O5. The molecule has 5 nitrogen and oxygen atoms in total. The molecule has 140 valence electrons. The number of furan rings is 1. The van der Waals surface area contributed by atoms with E-state index in [9.17, 15) is 9.59 Å². The minimum atomic E-state index is -0.607. The third-order valence-electron chi connectivity index (χ3n) is 4.65. The summed E-state index contributed by atoms with van der Waals surface area (Å²) in [5, 5.41) is 0. The second-order valence-corrected chi connectivity index (χ2v) is 6.47. The van der Waals surface area contributed by atoms with E-state index in [0.717, 1.165) is 12.0 Å². The Bertz CT molecular complexity index is 1070. The zero-order valence-corrected chi connectivity index (χ0v) is 15.5. The molecule has 0 saturated heterocycles. The standard InChI is InChI=1S/C23H18O5/c1-3-15-6-8-16(9-7-15)13-20-21(24)17-10-11-18(14(2)22(17)27-20)28-23(25)19-5-4-12-26-19/h4-13H,3H2,1-2H3/b20-13-. The Kier molecular flexibility index (Phi) is 4.57. The van der Waals surface area contributed by atoms with Gasteiger partial charge in [-0.15, -0.1) is 0 Å².